The Bertz CT molecular complexity index is 815. The lowest BCUT2D eigenvalue weighted by atomic mass is 10.1. The topological polar surface area (TPSA) is 23.6 Å². The molecular formula is C23H26ClF3N2O. The molecule has 0 spiro atoms. The van der Waals surface area contributed by atoms with E-state index in [-0.39, 0.29) is 18.2 Å². The first-order valence-corrected chi connectivity index (χ1v) is 9.77. The van der Waals surface area contributed by atoms with Crippen molar-refractivity contribution in [3.8, 4) is 0 Å². The van der Waals surface area contributed by atoms with Crippen molar-refractivity contribution in [2.24, 2.45) is 0 Å². The van der Waals surface area contributed by atoms with Crippen LogP contribution in [-0.4, -0.2) is 48.3 Å². The van der Waals surface area contributed by atoms with Crippen LogP contribution in [0.4, 0.5) is 13.2 Å². The van der Waals surface area contributed by atoms with Crippen molar-refractivity contribution < 1.29 is 18.0 Å². The summed E-state index contributed by atoms with van der Waals surface area (Å²) < 4.78 is 37.7. The molecule has 0 amide bonds. The lowest BCUT2D eigenvalue weighted by Crippen LogP contribution is -2.46. The summed E-state index contributed by atoms with van der Waals surface area (Å²) in [5.74, 6) is -0.0170. The van der Waals surface area contributed by atoms with Crippen molar-refractivity contribution in [3.63, 3.8) is 0 Å². The van der Waals surface area contributed by atoms with Gasteiger partial charge < -0.3 is 4.90 Å². The average Bonchev–Trinajstić information content (AvgIpc) is 2.72. The summed E-state index contributed by atoms with van der Waals surface area (Å²) in [6.45, 7) is 5.47. The van der Waals surface area contributed by atoms with Crippen LogP contribution in [0, 0.1) is 0 Å². The molecule has 1 aliphatic heterocycles. The molecule has 1 aliphatic rings. The number of benzene rings is 2. The van der Waals surface area contributed by atoms with Gasteiger partial charge in [0.15, 0.2) is 5.78 Å². The molecule has 0 unspecified atom stereocenters. The molecular weight excluding hydrogens is 413 g/mol. The Morgan fingerprint density at radius 3 is 2.10 bits per heavy atom. The SMILES string of the molecule is Cl.O=C(C=Cc1ccc(C(F)(F)F)cc1)CCN1CCN(Cc2ccccc2)CC1. The van der Waals surface area contributed by atoms with E-state index in [0.29, 0.717) is 18.5 Å². The number of hydrogen-bond donors (Lipinski definition) is 0. The van der Waals surface area contributed by atoms with Gasteiger partial charge in [0, 0.05) is 45.7 Å². The second kappa shape index (κ2) is 11.3. The number of carbonyl (C=O) groups excluding carboxylic acids is 1. The Morgan fingerprint density at radius 1 is 0.900 bits per heavy atom. The van der Waals surface area contributed by atoms with E-state index in [2.05, 4.69) is 34.1 Å². The molecule has 1 fully saturated rings. The lowest BCUT2D eigenvalue weighted by molar-refractivity contribution is -0.137. The molecule has 3 rings (SSSR count). The predicted molar refractivity (Wildman–Crippen MR) is 116 cm³/mol. The standard InChI is InChI=1S/C23H25F3N2O.ClH/c24-23(25,26)21-9-6-19(7-10-21)8-11-22(29)12-13-27-14-16-28(17-15-27)18-20-4-2-1-3-5-20;/h1-11H,12-18H2;1H. The highest BCUT2D eigenvalue weighted by atomic mass is 35.5. The highest BCUT2D eigenvalue weighted by Gasteiger charge is 2.29. The molecule has 0 radical (unpaired) electrons. The van der Waals surface area contributed by atoms with E-state index in [1.54, 1.807) is 6.08 Å². The third kappa shape index (κ3) is 7.59. The molecule has 0 aliphatic carbocycles. The Morgan fingerprint density at radius 2 is 1.50 bits per heavy atom. The molecule has 0 saturated carbocycles. The molecule has 0 bridgehead atoms. The van der Waals surface area contributed by atoms with Gasteiger partial charge in [0.2, 0.25) is 0 Å². The van der Waals surface area contributed by atoms with E-state index >= 15 is 0 Å². The maximum absolute atomic E-state index is 12.6. The van der Waals surface area contributed by atoms with Crippen LogP contribution in [0.3, 0.4) is 0 Å². The molecule has 0 aromatic heterocycles. The number of rotatable bonds is 7. The van der Waals surface area contributed by atoms with Gasteiger partial charge in [0.1, 0.15) is 0 Å². The third-order valence-corrected chi connectivity index (χ3v) is 5.09. The maximum atomic E-state index is 12.6. The second-order valence-corrected chi connectivity index (χ2v) is 7.27. The molecule has 2 aromatic carbocycles. The molecule has 2 aromatic rings. The minimum Gasteiger partial charge on any atom is -0.300 e. The van der Waals surface area contributed by atoms with Crippen molar-refractivity contribution >= 4 is 24.3 Å². The fourth-order valence-corrected chi connectivity index (χ4v) is 3.34. The number of piperazine rings is 1. The van der Waals surface area contributed by atoms with Gasteiger partial charge >= 0.3 is 6.18 Å². The Kier molecular flexibility index (Phi) is 9.08. The number of allylic oxidation sites excluding steroid dienone is 1. The molecule has 7 heteroatoms. The van der Waals surface area contributed by atoms with E-state index in [1.165, 1.54) is 23.8 Å². The van der Waals surface area contributed by atoms with Crippen molar-refractivity contribution in [2.75, 3.05) is 32.7 Å². The van der Waals surface area contributed by atoms with Gasteiger partial charge in [-0.1, -0.05) is 48.5 Å². The summed E-state index contributed by atoms with van der Waals surface area (Å²) in [6.07, 6.45) is -0.909. The normalized spacial score (nSPS) is 15.8. The van der Waals surface area contributed by atoms with Crippen LogP contribution in [0.2, 0.25) is 0 Å². The van der Waals surface area contributed by atoms with Crippen molar-refractivity contribution in [2.45, 2.75) is 19.1 Å². The number of halogens is 4. The minimum absolute atomic E-state index is 0. The molecule has 30 heavy (non-hydrogen) atoms. The first-order valence-electron chi connectivity index (χ1n) is 9.77. The maximum Gasteiger partial charge on any atom is 0.416 e. The van der Waals surface area contributed by atoms with Crippen LogP contribution in [0.25, 0.3) is 6.08 Å². The molecule has 162 valence electrons. The third-order valence-electron chi connectivity index (χ3n) is 5.09. The number of nitrogens with zero attached hydrogens (tertiary/aromatic N) is 2. The monoisotopic (exact) mass is 438 g/mol. The zero-order chi connectivity index (χ0) is 20.7. The largest absolute Gasteiger partial charge is 0.416 e. The van der Waals surface area contributed by atoms with Gasteiger partial charge in [-0.2, -0.15) is 13.2 Å². The van der Waals surface area contributed by atoms with E-state index < -0.39 is 11.7 Å². The van der Waals surface area contributed by atoms with Crippen LogP contribution in [0.5, 0.6) is 0 Å². The number of ketones is 1. The fraction of sp³-hybridized carbons (Fsp3) is 0.348. The molecule has 1 saturated heterocycles. The zero-order valence-corrected chi connectivity index (χ0v) is 17.5. The highest BCUT2D eigenvalue weighted by Crippen LogP contribution is 2.29. The summed E-state index contributed by atoms with van der Waals surface area (Å²) in [7, 11) is 0. The van der Waals surface area contributed by atoms with Gasteiger partial charge in [0.05, 0.1) is 5.56 Å². The smallest absolute Gasteiger partial charge is 0.300 e. The van der Waals surface area contributed by atoms with E-state index in [0.717, 1.165) is 44.9 Å². The molecule has 3 nitrogen and oxygen atoms in total. The Labute approximate surface area is 181 Å². The van der Waals surface area contributed by atoms with Crippen LogP contribution < -0.4 is 0 Å². The van der Waals surface area contributed by atoms with Crippen molar-refractivity contribution in [1.29, 1.82) is 0 Å². The summed E-state index contributed by atoms with van der Waals surface area (Å²) in [6, 6.07) is 15.2. The van der Waals surface area contributed by atoms with Gasteiger partial charge in [-0.3, -0.25) is 9.69 Å². The Hall–Kier alpha value is -2.15. The van der Waals surface area contributed by atoms with Crippen LogP contribution in [-0.2, 0) is 17.5 Å². The van der Waals surface area contributed by atoms with Gasteiger partial charge in [-0.25, -0.2) is 0 Å². The van der Waals surface area contributed by atoms with Gasteiger partial charge in [-0.05, 0) is 29.3 Å². The second-order valence-electron chi connectivity index (χ2n) is 7.27. The van der Waals surface area contributed by atoms with Gasteiger partial charge in [0.25, 0.3) is 0 Å². The van der Waals surface area contributed by atoms with Crippen LogP contribution in [0.15, 0.2) is 60.7 Å². The van der Waals surface area contributed by atoms with Crippen LogP contribution in [0.1, 0.15) is 23.1 Å². The zero-order valence-electron chi connectivity index (χ0n) is 16.6. The van der Waals surface area contributed by atoms with Crippen molar-refractivity contribution in [3.05, 3.63) is 77.4 Å². The minimum atomic E-state index is -4.34. The van der Waals surface area contributed by atoms with Crippen LogP contribution >= 0.6 is 12.4 Å². The number of alkyl halides is 3. The molecule has 0 atom stereocenters. The number of carbonyl (C=O) groups is 1. The number of hydrogen-bond acceptors (Lipinski definition) is 3. The first kappa shape index (κ1) is 24.1. The summed E-state index contributed by atoms with van der Waals surface area (Å²) in [5.41, 5.74) is 1.21. The van der Waals surface area contributed by atoms with Crippen molar-refractivity contribution in [1.82, 2.24) is 9.80 Å². The fourth-order valence-electron chi connectivity index (χ4n) is 3.34. The van der Waals surface area contributed by atoms with E-state index in [9.17, 15) is 18.0 Å². The summed E-state index contributed by atoms with van der Waals surface area (Å²) in [4.78, 5) is 16.8. The first-order chi connectivity index (χ1) is 13.9. The highest BCUT2D eigenvalue weighted by molar-refractivity contribution is 5.93. The lowest BCUT2D eigenvalue weighted by Gasteiger charge is -2.34. The van der Waals surface area contributed by atoms with E-state index in [4.69, 9.17) is 0 Å². The van der Waals surface area contributed by atoms with E-state index in [1.807, 2.05) is 6.07 Å². The quantitative estimate of drug-likeness (QED) is 0.573. The average molecular weight is 439 g/mol. The summed E-state index contributed by atoms with van der Waals surface area (Å²) >= 11 is 0. The molecule has 1 heterocycles. The summed E-state index contributed by atoms with van der Waals surface area (Å²) in [5, 5.41) is 0. The predicted octanol–water partition coefficient (Wildman–Crippen LogP) is 4.92. The van der Waals surface area contributed by atoms with Gasteiger partial charge in [-0.15, -0.1) is 12.4 Å². The Balaban J connectivity index is 0.00000320. The molecule has 0 N–H and O–H groups in total.